The number of ketones is 1. The minimum Gasteiger partial charge on any atom is -0.481 e. The molecular formula is C108H27NO5. The molecule has 0 unspecified atom stereocenters. The van der Waals surface area contributed by atoms with E-state index in [0.717, 1.165) is 5.56 Å². The number of hydrogen-bond acceptors (Lipinski definition) is 4. The molecule has 0 spiro atoms. The molecule has 0 saturated carbocycles. The number of hydrogen-bond donors (Lipinski definition) is 2. The molecule has 0 aliphatic heterocycles. The Morgan fingerprint density at radius 2 is 0.465 bits per heavy atom. The van der Waals surface area contributed by atoms with E-state index in [4.69, 9.17) is 11.2 Å². The minimum absolute atomic E-state index is 0.139. The average molecular weight is 1420 g/mol. The number of nitrogens with one attached hydrogen (secondary N) is 1. The largest absolute Gasteiger partial charge is 0.481 e. The fourth-order valence-electron chi connectivity index (χ4n) is 4.73. The zero-order valence-electron chi connectivity index (χ0n) is 59.7. The summed E-state index contributed by atoms with van der Waals surface area (Å²) in [7, 11) is 0. The highest BCUT2D eigenvalue weighted by Crippen LogP contribution is 2.13. The first-order valence-electron chi connectivity index (χ1n) is 30.2. The summed E-state index contributed by atoms with van der Waals surface area (Å²) in [4.78, 5) is 34.7. The number of carbonyl (C=O) groups excluding carboxylic acids is 2. The van der Waals surface area contributed by atoms with Gasteiger partial charge in [0.2, 0.25) is 0 Å². The van der Waals surface area contributed by atoms with Crippen LogP contribution in [-0.2, 0) is 20.7 Å². The Kier molecular flexibility index (Phi) is 61.7. The molecule has 0 saturated heterocycles. The van der Waals surface area contributed by atoms with Gasteiger partial charge in [0.15, 0.2) is 5.78 Å². The summed E-state index contributed by atoms with van der Waals surface area (Å²) in [6.45, 7) is 6.59. The molecule has 0 fully saturated rings. The van der Waals surface area contributed by atoms with Crippen molar-refractivity contribution in [2.75, 3.05) is 6.54 Å². The van der Waals surface area contributed by atoms with Crippen LogP contribution in [-0.4, -0.2) is 35.1 Å². The normalized spacial score (nSPS) is 5.64. The van der Waals surface area contributed by atoms with E-state index >= 15 is 0 Å². The molecule has 1 aromatic rings. The van der Waals surface area contributed by atoms with Crippen molar-refractivity contribution in [1.29, 1.82) is 0 Å². The van der Waals surface area contributed by atoms with Crippen molar-refractivity contribution >= 4 is 17.8 Å². The molecule has 1 aromatic carbocycles. The quantitative estimate of drug-likeness (QED) is 0.410. The van der Waals surface area contributed by atoms with E-state index in [-0.39, 0.29) is 25.2 Å². The molecule has 1 atom stereocenters. The van der Waals surface area contributed by atoms with Crippen LogP contribution in [0.4, 0.5) is 4.79 Å². The highest BCUT2D eigenvalue weighted by atomic mass is 16.6. The van der Waals surface area contributed by atoms with Crippen LogP contribution < -0.4 is 5.32 Å². The van der Waals surface area contributed by atoms with E-state index < -0.39 is 23.6 Å². The van der Waals surface area contributed by atoms with Crippen molar-refractivity contribution in [3.05, 3.63) is 35.9 Å². The van der Waals surface area contributed by atoms with Gasteiger partial charge < -0.3 is 15.2 Å². The fraction of sp³-hybridized carbons (Fsp3) is 0.0833. The van der Waals surface area contributed by atoms with Gasteiger partial charge in [-0.05, 0) is 134 Å². The molecule has 6 heteroatoms. The summed E-state index contributed by atoms with van der Waals surface area (Å²) in [5.74, 6) is 220. The summed E-state index contributed by atoms with van der Waals surface area (Å²) in [6.07, 6.45) is 4.39. The molecule has 1 amide bonds. The number of alkyl carbamates (subject to hydrolysis) is 1. The first-order chi connectivity index (χ1) is 56.1. The lowest BCUT2D eigenvalue weighted by Crippen LogP contribution is -2.36. The number of rotatable bonds is 7. The number of benzene rings is 1. The number of ether oxygens (including phenoxy) is 1. The Morgan fingerprint density at radius 1 is 0.298 bits per heavy atom. The lowest BCUT2D eigenvalue weighted by Gasteiger charge is -2.19. The second-order valence-electron chi connectivity index (χ2n) is 17.6. The number of carboxylic acids is 1. The van der Waals surface area contributed by atoms with Crippen LogP contribution in [0.1, 0.15) is 39.7 Å². The number of carboxylic acid groups (broad SMARTS) is 1. The van der Waals surface area contributed by atoms with Gasteiger partial charge in [0.05, 0.1) is 12.5 Å². The van der Waals surface area contributed by atoms with Gasteiger partial charge >= 0.3 is 12.1 Å². The lowest BCUT2D eigenvalue weighted by molar-refractivity contribution is -0.143. The summed E-state index contributed by atoms with van der Waals surface area (Å²) < 4.78 is 5.02. The van der Waals surface area contributed by atoms with Crippen LogP contribution in [0.5, 0.6) is 0 Å². The first kappa shape index (κ1) is 91.8. The van der Waals surface area contributed by atoms with Crippen LogP contribution in [0, 0.1) is 539 Å². The Morgan fingerprint density at radius 3 is 0.614 bits per heavy atom. The molecule has 0 aromatic heterocycles. The highest BCUT2D eigenvalue weighted by Gasteiger charge is 2.23. The molecule has 0 aliphatic carbocycles. The minimum atomic E-state index is -1.03. The smallest absolute Gasteiger partial charge is 0.408 e. The van der Waals surface area contributed by atoms with Crippen LogP contribution in [0.2, 0.25) is 0 Å². The third kappa shape index (κ3) is 77.2. The summed E-state index contributed by atoms with van der Waals surface area (Å²) in [5, 5.41) is 11.6. The maximum absolute atomic E-state index is 11.9. The number of terminal acetylenes is 1. The van der Waals surface area contributed by atoms with Gasteiger partial charge in [-0.15, -0.1) is 6.42 Å². The molecule has 494 valence electrons. The number of Topliss-reactive ketones (excluding diaryl/α,β-unsaturated/α-hetero) is 1. The predicted molar refractivity (Wildman–Crippen MR) is 442 cm³/mol. The molecule has 0 radical (unpaired) electrons. The molecule has 114 heavy (non-hydrogen) atoms. The first-order valence-corrected chi connectivity index (χ1v) is 30.2. The molecule has 2 N–H and O–H groups in total. The van der Waals surface area contributed by atoms with Crippen molar-refractivity contribution in [1.82, 2.24) is 5.32 Å². The molecular weight excluding hydrogens is 1390 g/mol. The summed E-state index contributed by atoms with van der Waals surface area (Å²) in [5.41, 5.74) is 0.206. The van der Waals surface area contributed by atoms with E-state index in [1.807, 2.05) is 30.3 Å². The van der Waals surface area contributed by atoms with Gasteiger partial charge in [-0.1, -0.05) is 36.3 Å². The lowest BCUT2D eigenvalue weighted by atomic mass is 9.94. The van der Waals surface area contributed by atoms with Gasteiger partial charge in [-0.2, -0.15) is 0 Å². The molecule has 0 aliphatic rings. The molecule has 0 bridgehead atoms. The van der Waals surface area contributed by atoms with Crippen LogP contribution in [0.25, 0.3) is 0 Å². The van der Waals surface area contributed by atoms with E-state index in [9.17, 15) is 19.5 Å². The monoisotopic (exact) mass is 1420 g/mol. The standard InChI is InChI=1S/C91H4.C17H23NO5/c1-3-5-7-9-11-13-15-17-19-21-23-25-27-29-31-33-35-37-39-41-43-45-47-49-51-53-55-57-59-61-63-65-67-69-71-73-75-77-79-81-83-85-87-89-91-90-88-86-84-82-80-78-76-74-72-70-68-66-64-62-60-58-56-54-52-50-48-46-44-42-40-38-36-34-32-30-28-26-24-22-20-18-16-14-12-10-8-6-4-2;1-17(2,3)23-16(22)18-11-14(19)10-13(15(20)21)9-12-7-5-4-6-8-12/h1H,2H3;4-8,13H,9-11H2,1-3H3,(H,18,22)(H,20,21)/t;13-/m.1/s1. The maximum atomic E-state index is 11.9. The Bertz CT molecular complexity index is 7340. The predicted octanol–water partition coefficient (Wildman–Crippen LogP) is 3.20. The van der Waals surface area contributed by atoms with E-state index in [1.165, 1.54) is 0 Å². The zero-order chi connectivity index (χ0) is 82.4. The van der Waals surface area contributed by atoms with E-state index in [1.54, 1.807) is 27.7 Å². The van der Waals surface area contributed by atoms with Gasteiger partial charge in [0.25, 0.3) is 0 Å². The van der Waals surface area contributed by atoms with Crippen molar-refractivity contribution in [3.63, 3.8) is 0 Å². The Balaban J connectivity index is 0.00000471. The molecule has 0 heterocycles. The van der Waals surface area contributed by atoms with Crippen LogP contribution in [0.3, 0.4) is 0 Å². The van der Waals surface area contributed by atoms with Crippen molar-refractivity contribution < 1.29 is 24.2 Å². The Labute approximate surface area is 671 Å². The van der Waals surface area contributed by atoms with E-state index in [2.05, 4.69) is 532 Å². The number of aliphatic carboxylic acids is 1. The Hall–Kier alpha value is -22.2. The third-order valence-corrected chi connectivity index (χ3v) is 8.55. The van der Waals surface area contributed by atoms with Crippen molar-refractivity contribution in [3.8, 4) is 533 Å². The van der Waals surface area contributed by atoms with E-state index in [0.29, 0.717) is 0 Å². The van der Waals surface area contributed by atoms with Crippen LogP contribution in [0.15, 0.2) is 30.3 Å². The van der Waals surface area contributed by atoms with Crippen molar-refractivity contribution in [2.45, 2.75) is 46.1 Å². The number of carbonyl (C=O) groups is 3. The second-order valence-corrected chi connectivity index (χ2v) is 17.6. The van der Waals surface area contributed by atoms with Crippen molar-refractivity contribution in [2.24, 2.45) is 5.92 Å². The van der Waals surface area contributed by atoms with Gasteiger partial charge in [0, 0.05) is 433 Å². The zero-order valence-corrected chi connectivity index (χ0v) is 59.7. The topological polar surface area (TPSA) is 92.7 Å². The van der Waals surface area contributed by atoms with Crippen LogP contribution >= 0.6 is 0 Å². The average Bonchev–Trinajstić information content (AvgIpc) is 0.897. The van der Waals surface area contributed by atoms with Gasteiger partial charge in [-0.25, -0.2) is 4.79 Å². The van der Waals surface area contributed by atoms with Gasteiger partial charge in [-0.3, -0.25) is 9.59 Å². The highest BCUT2D eigenvalue weighted by molar-refractivity contribution is 5.87. The summed E-state index contributed by atoms with van der Waals surface area (Å²) in [6, 6.07) is 9.12. The fourth-order valence-corrected chi connectivity index (χ4v) is 4.73. The third-order valence-electron chi connectivity index (χ3n) is 8.55. The SMILES string of the molecule is C#CC#CC#CC#CC#CC#CC#CC#CC#CC#CC#CC#CC#CC#CC#CC#CC#CC#CC#CC#CC#CC#CC#CC#CC#CC#CC#CC#CC#CC#CC#CC#CC#CC#CC#CC#CC#CC#CC#CC#CC#CC#CC#CC#CC#CC.CC(C)(C)OC(=O)NCC(=O)C[C@@H](Cc1ccccc1)C(=O)O. The molecule has 6 nitrogen and oxygen atoms in total. The maximum Gasteiger partial charge on any atom is 0.408 e. The number of amides is 1. The molecule has 1 rings (SSSR count). The summed E-state index contributed by atoms with van der Waals surface area (Å²) >= 11 is 0. The van der Waals surface area contributed by atoms with Gasteiger partial charge in [0.1, 0.15) is 5.60 Å². The second kappa shape index (κ2) is 76.6.